The van der Waals surface area contributed by atoms with Crippen LogP contribution in [0.1, 0.15) is 61.5 Å². The maximum atomic E-state index is 10.3. The average molecular weight is 423 g/mol. The van der Waals surface area contributed by atoms with Crippen molar-refractivity contribution >= 4 is 21.5 Å². The molecular weight excluding hydrogens is 392 g/mol. The maximum Gasteiger partial charge on any atom is 0.123 e. The Kier molecular flexibility index (Phi) is 4.82. The third kappa shape index (κ3) is 3.24. The van der Waals surface area contributed by atoms with E-state index in [1.165, 1.54) is 60.4 Å². The lowest BCUT2D eigenvalue weighted by molar-refractivity contribution is 0.142. The van der Waals surface area contributed by atoms with Crippen LogP contribution in [0.3, 0.4) is 0 Å². The molecule has 2 heteroatoms. The minimum Gasteiger partial charge on any atom is -0.507 e. The molecule has 2 saturated carbocycles. The Morgan fingerprint density at radius 2 is 0.875 bits per heavy atom. The molecule has 0 heterocycles. The van der Waals surface area contributed by atoms with Gasteiger partial charge in [0, 0.05) is 10.8 Å². The van der Waals surface area contributed by atoms with Gasteiger partial charge in [-0.3, -0.25) is 0 Å². The number of fused-ring (bicyclic) bond motifs is 3. The highest BCUT2D eigenvalue weighted by molar-refractivity contribution is 5.92. The van der Waals surface area contributed by atoms with Gasteiger partial charge in [-0.2, -0.15) is 0 Å². The van der Waals surface area contributed by atoms with Gasteiger partial charge in [-0.1, -0.05) is 60.7 Å². The summed E-state index contributed by atoms with van der Waals surface area (Å²) in [5, 5.41) is 25.0. The Bertz CT molecular complexity index is 1190. The van der Waals surface area contributed by atoms with Crippen LogP contribution in [0, 0.1) is 11.8 Å². The number of hydrogen-bond acceptors (Lipinski definition) is 2. The predicted octanol–water partition coefficient (Wildman–Crippen LogP) is 7.87. The summed E-state index contributed by atoms with van der Waals surface area (Å²) >= 11 is 0. The molecule has 2 nitrogen and oxygen atoms in total. The zero-order chi connectivity index (χ0) is 21.7. The van der Waals surface area contributed by atoms with Crippen LogP contribution in [0.5, 0.6) is 11.5 Å². The minimum absolute atomic E-state index is 0.389. The summed E-state index contributed by atoms with van der Waals surface area (Å²) in [7, 11) is 0. The Hall–Kier alpha value is -3.00. The lowest BCUT2D eigenvalue weighted by Crippen LogP contribution is -2.30. The molecule has 2 fully saturated rings. The van der Waals surface area contributed by atoms with Gasteiger partial charge in [-0.25, -0.2) is 0 Å². The first-order valence-electron chi connectivity index (χ1n) is 12.1. The van der Waals surface area contributed by atoms with E-state index in [1.54, 1.807) is 0 Å². The van der Waals surface area contributed by atoms with E-state index in [2.05, 4.69) is 36.4 Å². The summed E-state index contributed by atoms with van der Waals surface area (Å²) in [6, 6.07) is 24.7. The molecule has 2 aliphatic rings. The molecule has 4 atom stereocenters. The van der Waals surface area contributed by atoms with Gasteiger partial charge in [0.1, 0.15) is 11.5 Å². The van der Waals surface area contributed by atoms with Crippen LogP contribution in [-0.2, 0) is 0 Å². The Morgan fingerprint density at radius 1 is 0.469 bits per heavy atom. The van der Waals surface area contributed by atoms with E-state index in [4.69, 9.17) is 0 Å². The fraction of sp³-hybridized carbons (Fsp3) is 0.333. The molecule has 4 aromatic rings. The van der Waals surface area contributed by atoms with Crippen molar-refractivity contribution in [1.29, 1.82) is 0 Å². The van der Waals surface area contributed by atoms with Crippen LogP contribution in [-0.4, -0.2) is 10.2 Å². The molecule has 0 saturated heterocycles. The number of phenolic OH excluding ortho intramolecular Hbond substituents is 2. The van der Waals surface area contributed by atoms with E-state index in [1.807, 2.05) is 36.4 Å². The number of rotatable bonds is 2. The molecule has 4 aromatic carbocycles. The van der Waals surface area contributed by atoms with E-state index in [-0.39, 0.29) is 0 Å². The summed E-state index contributed by atoms with van der Waals surface area (Å²) in [6.07, 6.45) is 7.58. The normalized spacial score (nSPS) is 25.6. The number of phenols is 2. The third-order valence-corrected chi connectivity index (χ3v) is 8.36. The molecule has 0 aliphatic heterocycles. The largest absolute Gasteiger partial charge is 0.507 e. The molecular formula is C30H30O2. The lowest BCUT2D eigenvalue weighted by atomic mass is 9.62. The number of hydrogen-bond donors (Lipinski definition) is 2. The first-order valence-corrected chi connectivity index (χ1v) is 12.1. The molecule has 0 spiro atoms. The summed E-state index contributed by atoms with van der Waals surface area (Å²) in [5.74, 6) is 3.54. The quantitative estimate of drug-likeness (QED) is 0.345. The number of benzene rings is 4. The molecule has 0 aromatic heterocycles. The second-order valence-corrected chi connectivity index (χ2v) is 9.98. The van der Waals surface area contributed by atoms with E-state index < -0.39 is 0 Å². The van der Waals surface area contributed by atoms with Crippen LogP contribution >= 0.6 is 0 Å². The van der Waals surface area contributed by atoms with Gasteiger partial charge in [-0.15, -0.1) is 0 Å². The smallest absolute Gasteiger partial charge is 0.123 e. The second-order valence-electron chi connectivity index (χ2n) is 9.98. The highest BCUT2D eigenvalue weighted by Gasteiger charge is 2.37. The monoisotopic (exact) mass is 422 g/mol. The highest BCUT2D eigenvalue weighted by Crippen LogP contribution is 2.51. The number of aromatic hydroxyl groups is 2. The van der Waals surface area contributed by atoms with Crippen molar-refractivity contribution in [2.75, 3.05) is 0 Å². The minimum atomic E-state index is 0.389. The summed E-state index contributed by atoms with van der Waals surface area (Å²) in [4.78, 5) is 0. The SMILES string of the molecule is Oc1ccc(C2CCC3CC(c4ccc(O)c5ccccc45)CCC3C2)c2ccccc12. The van der Waals surface area contributed by atoms with Crippen LogP contribution in [0.4, 0.5) is 0 Å². The van der Waals surface area contributed by atoms with Gasteiger partial charge in [0.15, 0.2) is 0 Å². The maximum absolute atomic E-state index is 10.3. The lowest BCUT2D eigenvalue weighted by Gasteiger charge is -2.43. The van der Waals surface area contributed by atoms with Crippen molar-refractivity contribution in [1.82, 2.24) is 0 Å². The van der Waals surface area contributed by atoms with Crippen LogP contribution in [0.25, 0.3) is 21.5 Å². The van der Waals surface area contributed by atoms with E-state index >= 15 is 0 Å². The van der Waals surface area contributed by atoms with E-state index in [0.29, 0.717) is 23.3 Å². The summed E-state index contributed by atoms with van der Waals surface area (Å²) in [5.41, 5.74) is 2.84. The van der Waals surface area contributed by atoms with Gasteiger partial charge < -0.3 is 10.2 Å². The second kappa shape index (κ2) is 7.85. The first-order chi connectivity index (χ1) is 15.7. The molecule has 0 radical (unpaired) electrons. The molecule has 0 bridgehead atoms. The molecule has 6 rings (SSSR count). The Morgan fingerprint density at radius 3 is 1.31 bits per heavy atom. The molecule has 162 valence electrons. The Balaban J connectivity index is 1.24. The van der Waals surface area contributed by atoms with Crippen molar-refractivity contribution in [3.63, 3.8) is 0 Å². The summed E-state index contributed by atoms with van der Waals surface area (Å²) < 4.78 is 0. The highest BCUT2D eigenvalue weighted by atomic mass is 16.3. The van der Waals surface area contributed by atoms with Crippen molar-refractivity contribution in [3.05, 3.63) is 83.9 Å². The standard InChI is InChI=1S/C30H30O2/c31-29-15-13-23(25-5-1-3-7-27(25)29)21-11-9-20-18-22(12-10-19(20)17-21)24-14-16-30(32)28-8-4-2-6-26(24)28/h1-8,13-16,19-22,31-32H,9-12,17-18H2. The zero-order valence-electron chi connectivity index (χ0n) is 18.4. The average Bonchev–Trinajstić information content (AvgIpc) is 2.84. The third-order valence-electron chi connectivity index (χ3n) is 8.36. The van der Waals surface area contributed by atoms with Crippen molar-refractivity contribution < 1.29 is 10.2 Å². The fourth-order valence-corrected chi connectivity index (χ4v) is 6.78. The van der Waals surface area contributed by atoms with Gasteiger partial charge in [0.2, 0.25) is 0 Å². The van der Waals surface area contributed by atoms with Gasteiger partial charge in [0.05, 0.1) is 0 Å². The van der Waals surface area contributed by atoms with E-state index in [0.717, 1.165) is 22.6 Å². The van der Waals surface area contributed by atoms with Gasteiger partial charge >= 0.3 is 0 Å². The Labute approximate surface area is 189 Å². The topological polar surface area (TPSA) is 40.5 Å². The fourth-order valence-electron chi connectivity index (χ4n) is 6.78. The van der Waals surface area contributed by atoms with Crippen LogP contribution in [0.2, 0.25) is 0 Å². The van der Waals surface area contributed by atoms with Crippen LogP contribution < -0.4 is 0 Å². The molecule has 32 heavy (non-hydrogen) atoms. The van der Waals surface area contributed by atoms with Gasteiger partial charge in [0.25, 0.3) is 0 Å². The van der Waals surface area contributed by atoms with Crippen LogP contribution in [0.15, 0.2) is 72.8 Å². The van der Waals surface area contributed by atoms with Crippen molar-refractivity contribution in [2.24, 2.45) is 11.8 Å². The molecule has 0 amide bonds. The van der Waals surface area contributed by atoms with E-state index in [9.17, 15) is 10.2 Å². The first kappa shape index (κ1) is 19.7. The molecule has 2 aliphatic carbocycles. The van der Waals surface area contributed by atoms with Gasteiger partial charge in [-0.05, 0) is 96.2 Å². The molecule has 4 unspecified atom stereocenters. The molecule has 2 N–H and O–H groups in total. The van der Waals surface area contributed by atoms with Crippen molar-refractivity contribution in [2.45, 2.75) is 50.4 Å². The predicted molar refractivity (Wildman–Crippen MR) is 131 cm³/mol. The van der Waals surface area contributed by atoms with Crippen molar-refractivity contribution in [3.8, 4) is 11.5 Å². The summed E-state index contributed by atoms with van der Waals surface area (Å²) in [6.45, 7) is 0. The zero-order valence-corrected chi connectivity index (χ0v) is 18.4.